The molecule has 30 heavy (non-hydrogen) atoms. The van der Waals surface area contributed by atoms with Gasteiger partial charge in [0.25, 0.3) is 0 Å². The topological polar surface area (TPSA) is 98.0 Å². The SMILES string of the molecule is C[C@@H](O)/C=C/[C@](C)(O)C1CC[C@H]2C3=CC(=O)[C@H]4CC(=CC[C@H](O)C4)[C@H]3C[C@@H](O)[C@]12C. The fourth-order valence-corrected chi connectivity index (χ4v) is 6.93. The summed E-state index contributed by atoms with van der Waals surface area (Å²) >= 11 is 0. The third-order valence-corrected chi connectivity index (χ3v) is 8.49. The van der Waals surface area contributed by atoms with Crippen LogP contribution in [0, 0.1) is 29.1 Å². The molecule has 0 aromatic heterocycles. The van der Waals surface area contributed by atoms with E-state index in [0.717, 1.165) is 18.4 Å². The molecule has 4 N–H and O–H groups in total. The fraction of sp³-hybridized carbons (Fsp3) is 0.720. The third-order valence-electron chi connectivity index (χ3n) is 8.49. The van der Waals surface area contributed by atoms with Crippen LogP contribution in [0.3, 0.4) is 0 Å². The summed E-state index contributed by atoms with van der Waals surface area (Å²) in [5.41, 5.74) is 0.624. The van der Waals surface area contributed by atoms with Gasteiger partial charge in [-0.3, -0.25) is 4.79 Å². The Bertz CT molecular complexity index is 791. The van der Waals surface area contributed by atoms with Crippen molar-refractivity contribution in [3.05, 3.63) is 35.5 Å². The first kappa shape index (κ1) is 21.9. The average molecular weight is 417 g/mol. The fourth-order valence-electron chi connectivity index (χ4n) is 6.93. The second kappa shape index (κ2) is 7.70. The minimum Gasteiger partial charge on any atom is -0.393 e. The van der Waals surface area contributed by atoms with Crippen molar-refractivity contribution in [1.29, 1.82) is 0 Å². The van der Waals surface area contributed by atoms with Crippen LogP contribution in [0.15, 0.2) is 35.5 Å². The van der Waals surface area contributed by atoms with E-state index in [1.54, 1.807) is 26.0 Å². The summed E-state index contributed by atoms with van der Waals surface area (Å²) < 4.78 is 0. The van der Waals surface area contributed by atoms with Crippen LogP contribution in [-0.2, 0) is 4.79 Å². The van der Waals surface area contributed by atoms with Gasteiger partial charge in [-0.25, -0.2) is 0 Å². The van der Waals surface area contributed by atoms with Crippen molar-refractivity contribution in [2.24, 2.45) is 29.1 Å². The predicted octanol–water partition coefficient (Wildman–Crippen LogP) is 2.68. The zero-order valence-electron chi connectivity index (χ0n) is 18.3. The largest absolute Gasteiger partial charge is 0.393 e. The van der Waals surface area contributed by atoms with Crippen molar-refractivity contribution < 1.29 is 25.2 Å². The summed E-state index contributed by atoms with van der Waals surface area (Å²) in [7, 11) is 0. The molecule has 0 aromatic carbocycles. The van der Waals surface area contributed by atoms with E-state index < -0.39 is 29.3 Å². The van der Waals surface area contributed by atoms with E-state index in [4.69, 9.17) is 0 Å². The number of carbonyl (C=O) groups is 1. The quantitative estimate of drug-likeness (QED) is 0.530. The lowest BCUT2D eigenvalue weighted by atomic mass is 9.55. The van der Waals surface area contributed by atoms with E-state index in [-0.39, 0.29) is 29.5 Å². The van der Waals surface area contributed by atoms with Crippen molar-refractivity contribution >= 4 is 5.78 Å². The molecule has 5 heteroatoms. The van der Waals surface area contributed by atoms with Crippen molar-refractivity contribution in [2.45, 2.75) is 83.2 Å². The van der Waals surface area contributed by atoms with E-state index in [2.05, 4.69) is 13.0 Å². The second-order valence-corrected chi connectivity index (χ2v) is 10.5. The lowest BCUT2D eigenvalue weighted by molar-refractivity contribution is -0.119. The highest BCUT2D eigenvalue weighted by atomic mass is 16.3. The Labute approximate surface area is 179 Å². The maximum atomic E-state index is 13.0. The molecule has 166 valence electrons. The first-order valence-electron chi connectivity index (χ1n) is 11.4. The highest BCUT2D eigenvalue weighted by molar-refractivity contribution is 5.93. The molecule has 4 aliphatic carbocycles. The first-order chi connectivity index (χ1) is 14.0. The lowest BCUT2D eigenvalue weighted by Crippen LogP contribution is -2.53. The van der Waals surface area contributed by atoms with Crippen LogP contribution >= 0.6 is 0 Å². The lowest BCUT2D eigenvalue weighted by Gasteiger charge is -2.51. The Morgan fingerprint density at radius 3 is 2.70 bits per heavy atom. The molecule has 0 radical (unpaired) electrons. The minimum absolute atomic E-state index is 0.0399. The number of hydrogen-bond acceptors (Lipinski definition) is 5. The molecule has 0 heterocycles. The van der Waals surface area contributed by atoms with Gasteiger partial charge in [0.15, 0.2) is 5.78 Å². The summed E-state index contributed by atoms with van der Waals surface area (Å²) in [4.78, 5) is 13.0. The van der Waals surface area contributed by atoms with Crippen molar-refractivity contribution in [3.63, 3.8) is 0 Å². The van der Waals surface area contributed by atoms with Crippen LogP contribution in [0.1, 0.15) is 59.3 Å². The highest BCUT2D eigenvalue weighted by Crippen LogP contribution is 2.63. The molecule has 0 amide bonds. The maximum Gasteiger partial charge on any atom is 0.159 e. The monoisotopic (exact) mass is 416 g/mol. The summed E-state index contributed by atoms with van der Waals surface area (Å²) in [5, 5.41) is 42.5. The molecule has 2 fully saturated rings. The standard InChI is InChI=1S/C25H36O5/c1-14(26)8-9-24(2,30)22-7-6-20-19-12-21(28)16-10-15(4-5-17(27)11-16)18(19)13-23(29)25(20,22)3/h4,8-9,12,14,16-18,20,22-23,26-27,29-30H,5-7,10-11,13H2,1-3H3/b9-8+/t14-,16+,17+,18-,20+,22?,23-,24+,25+/m1/s1. The Morgan fingerprint density at radius 1 is 1.27 bits per heavy atom. The Kier molecular flexibility index (Phi) is 5.63. The second-order valence-electron chi connectivity index (χ2n) is 10.5. The number of allylic oxidation sites excluding steroid dienone is 3. The van der Waals surface area contributed by atoms with Crippen LogP contribution in [0.5, 0.6) is 0 Å². The molecule has 9 atom stereocenters. The van der Waals surface area contributed by atoms with Gasteiger partial charge in [-0.1, -0.05) is 36.3 Å². The molecule has 0 aromatic rings. The van der Waals surface area contributed by atoms with Gasteiger partial charge >= 0.3 is 0 Å². The molecule has 2 bridgehead atoms. The zero-order valence-corrected chi connectivity index (χ0v) is 18.3. The summed E-state index contributed by atoms with van der Waals surface area (Å²) in [6, 6.07) is 0. The molecule has 4 aliphatic rings. The summed E-state index contributed by atoms with van der Waals surface area (Å²) in [6.45, 7) is 5.48. The average Bonchev–Trinajstić information content (AvgIpc) is 2.85. The molecule has 0 saturated heterocycles. The Hall–Kier alpha value is -1.27. The van der Waals surface area contributed by atoms with E-state index >= 15 is 0 Å². The van der Waals surface area contributed by atoms with E-state index in [9.17, 15) is 25.2 Å². The van der Waals surface area contributed by atoms with Crippen LogP contribution in [0.2, 0.25) is 0 Å². The van der Waals surface area contributed by atoms with Gasteiger partial charge in [-0.2, -0.15) is 0 Å². The maximum absolute atomic E-state index is 13.0. The summed E-state index contributed by atoms with van der Waals surface area (Å²) in [5.74, 6) is -0.155. The van der Waals surface area contributed by atoms with Crippen LogP contribution in [0.25, 0.3) is 0 Å². The van der Waals surface area contributed by atoms with Crippen LogP contribution in [0.4, 0.5) is 0 Å². The molecule has 0 aliphatic heterocycles. The van der Waals surface area contributed by atoms with Gasteiger partial charge in [0, 0.05) is 17.3 Å². The Morgan fingerprint density at radius 2 is 2.00 bits per heavy atom. The van der Waals surface area contributed by atoms with Crippen molar-refractivity contribution in [1.82, 2.24) is 0 Å². The summed E-state index contributed by atoms with van der Waals surface area (Å²) in [6.07, 6.45) is 9.37. The van der Waals surface area contributed by atoms with E-state index in [1.807, 2.05) is 6.08 Å². The minimum atomic E-state index is -1.15. The third kappa shape index (κ3) is 3.54. The van der Waals surface area contributed by atoms with Gasteiger partial charge in [-0.05, 0) is 70.3 Å². The number of ketones is 1. The molecular weight excluding hydrogens is 380 g/mol. The van der Waals surface area contributed by atoms with Gasteiger partial charge in [0.05, 0.1) is 23.9 Å². The molecule has 0 spiro atoms. The normalized spacial score (nSPS) is 44.3. The number of carbonyl (C=O) groups excluding carboxylic acids is 1. The molecule has 4 rings (SSSR count). The van der Waals surface area contributed by atoms with E-state index in [0.29, 0.717) is 25.7 Å². The zero-order chi connectivity index (χ0) is 21.8. The Balaban J connectivity index is 1.72. The molecular formula is C25H36O5. The molecule has 1 unspecified atom stereocenters. The predicted molar refractivity (Wildman–Crippen MR) is 114 cm³/mol. The van der Waals surface area contributed by atoms with Crippen molar-refractivity contribution in [3.8, 4) is 0 Å². The van der Waals surface area contributed by atoms with Gasteiger partial charge in [0.2, 0.25) is 0 Å². The van der Waals surface area contributed by atoms with Crippen LogP contribution < -0.4 is 0 Å². The van der Waals surface area contributed by atoms with Crippen LogP contribution in [-0.4, -0.2) is 50.1 Å². The smallest absolute Gasteiger partial charge is 0.159 e. The van der Waals surface area contributed by atoms with Crippen molar-refractivity contribution in [2.75, 3.05) is 0 Å². The highest BCUT2D eigenvalue weighted by Gasteiger charge is 2.61. The molecule has 5 nitrogen and oxygen atoms in total. The number of hydrogen-bond donors (Lipinski definition) is 4. The first-order valence-corrected chi connectivity index (χ1v) is 11.4. The van der Waals surface area contributed by atoms with Gasteiger partial charge < -0.3 is 20.4 Å². The number of aliphatic hydroxyl groups is 4. The number of fused-ring (bicyclic) bond motifs is 6. The number of aliphatic hydroxyl groups excluding tert-OH is 3. The van der Waals surface area contributed by atoms with E-state index in [1.165, 1.54) is 5.57 Å². The van der Waals surface area contributed by atoms with Gasteiger partial charge in [0.1, 0.15) is 0 Å². The van der Waals surface area contributed by atoms with Gasteiger partial charge in [-0.15, -0.1) is 0 Å². The molecule has 2 saturated carbocycles. The number of rotatable bonds is 3.